The van der Waals surface area contributed by atoms with Crippen LogP contribution in [0.15, 0.2) is 46.9 Å². The Morgan fingerprint density at radius 2 is 1.68 bits per heavy atom. The van der Waals surface area contributed by atoms with E-state index in [9.17, 15) is 0 Å². The molecule has 0 bridgehead atoms. The molecule has 0 aliphatic heterocycles. The molecule has 98 valence electrons. The van der Waals surface area contributed by atoms with Crippen molar-refractivity contribution in [2.75, 3.05) is 14.2 Å². The van der Waals surface area contributed by atoms with Crippen LogP contribution in [0.2, 0.25) is 0 Å². The van der Waals surface area contributed by atoms with Crippen molar-refractivity contribution in [3.8, 4) is 11.5 Å². The Balaban J connectivity index is 2.36. The number of hydrogen-bond acceptors (Lipinski definition) is 2. The highest BCUT2D eigenvalue weighted by Crippen LogP contribution is 2.34. The van der Waals surface area contributed by atoms with Crippen LogP contribution in [-0.4, -0.2) is 14.2 Å². The molecule has 3 heteroatoms. The molecule has 2 nitrogen and oxygen atoms in total. The van der Waals surface area contributed by atoms with E-state index in [0.29, 0.717) is 0 Å². The summed E-state index contributed by atoms with van der Waals surface area (Å²) in [6.07, 6.45) is 4.09. The molecule has 0 unspecified atom stereocenters. The molecule has 0 saturated carbocycles. The van der Waals surface area contributed by atoms with Gasteiger partial charge in [-0.05, 0) is 33.1 Å². The van der Waals surface area contributed by atoms with Crippen molar-refractivity contribution in [3.63, 3.8) is 0 Å². The first-order chi connectivity index (χ1) is 9.24. The zero-order valence-electron chi connectivity index (χ0n) is 10.9. The van der Waals surface area contributed by atoms with E-state index in [2.05, 4.69) is 34.1 Å². The van der Waals surface area contributed by atoms with E-state index in [0.717, 1.165) is 27.1 Å². The van der Waals surface area contributed by atoms with Crippen LogP contribution in [0, 0.1) is 0 Å². The van der Waals surface area contributed by atoms with Gasteiger partial charge >= 0.3 is 0 Å². The van der Waals surface area contributed by atoms with Crippen LogP contribution in [0.5, 0.6) is 11.5 Å². The van der Waals surface area contributed by atoms with Gasteiger partial charge in [-0.1, -0.05) is 42.5 Å². The molecular formula is C16H15BrO2. The van der Waals surface area contributed by atoms with Crippen molar-refractivity contribution in [3.05, 3.63) is 58.1 Å². The van der Waals surface area contributed by atoms with E-state index in [1.807, 2.05) is 36.4 Å². The van der Waals surface area contributed by atoms with Gasteiger partial charge in [-0.3, -0.25) is 0 Å². The Bertz CT molecular complexity index is 577. The van der Waals surface area contributed by atoms with Crippen molar-refractivity contribution < 1.29 is 9.47 Å². The summed E-state index contributed by atoms with van der Waals surface area (Å²) in [7, 11) is 3.29. The minimum atomic E-state index is 0.757. The molecule has 0 radical (unpaired) electrons. The first-order valence-electron chi connectivity index (χ1n) is 5.89. The quantitative estimate of drug-likeness (QED) is 0.765. The summed E-state index contributed by atoms with van der Waals surface area (Å²) in [6, 6.07) is 14.0. The number of methoxy groups -OCH3 is 2. The second-order valence-corrected chi connectivity index (χ2v) is 4.77. The van der Waals surface area contributed by atoms with Crippen LogP contribution in [0.1, 0.15) is 11.1 Å². The minimum absolute atomic E-state index is 0.757. The first kappa shape index (κ1) is 13.7. The molecule has 2 aromatic carbocycles. The molecular weight excluding hydrogens is 304 g/mol. The summed E-state index contributed by atoms with van der Waals surface area (Å²) in [4.78, 5) is 0. The van der Waals surface area contributed by atoms with E-state index in [1.54, 1.807) is 14.2 Å². The standard InChI is InChI=1S/C16H15BrO2/c1-18-14-10-13(16(17)15(11-14)19-2)9-8-12-6-4-3-5-7-12/h3-11H,1-2H3/b9-8+. The highest BCUT2D eigenvalue weighted by Gasteiger charge is 2.07. The van der Waals surface area contributed by atoms with Gasteiger partial charge in [0.05, 0.1) is 18.7 Å². The molecule has 0 heterocycles. The fourth-order valence-electron chi connectivity index (χ4n) is 1.73. The van der Waals surface area contributed by atoms with Crippen LogP contribution in [0.4, 0.5) is 0 Å². The lowest BCUT2D eigenvalue weighted by atomic mass is 10.1. The van der Waals surface area contributed by atoms with Crippen molar-refractivity contribution in [1.29, 1.82) is 0 Å². The van der Waals surface area contributed by atoms with Crippen LogP contribution < -0.4 is 9.47 Å². The fourth-order valence-corrected chi connectivity index (χ4v) is 2.25. The summed E-state index contributed by atoms with van der Waals surface area (Å²) in [5.74, 6) is 1.53. The lowest BCUT2D eigenvalue weighted by Gasteiger charge is -2.09. The summed E-state index contributed by atoms with van der Waals surface area (Å²) in [5.41, 5.74) is 2.16. The number of benzene rings is 2. The van der Waals surface area contributed by atoms with Crippen LogP contribution >= 0.6 is 15.9 Å². The van der Waals surface area contributed by atoms with Gasteiger partial charge in [0.25, 0.3) is 0 Å². The van der Waals surface area contributed by atoms with Gasteiger partial charge in [-0.15, -0.1) is 0 Å². The zero-order chi connectivity index (χ0) is 13.7. The normalized spacial score (nSPS) is 10.7. The Morgan fingerprint density at radius 3 is 2.32 bits per heavy atom. The first-order valence-corrected chi connectivity index (χ1v) is 6.68. The summed E-state index contributed by atoms with van der Waals surface area (Å²) in [6.45, 7) is 0. The third kappa shape index (κ3) is 3.38. The summed E-state index contributed by atoms with van der Waals surface area (Å²) in [5, 5.41) is 0. The van der Waals surface area contributed by atoms with E-state index in [-0.39, 0.29) is 0 Å². The van der Waals surface area contributed by atoms with Gasteiger partial charge in [0.1, 0.15) is 11.5 Å². The zero-order valence-corrected chi connectivity index (χ0v) is 12.5. The monoisotopic (exact) mass is 318 g/mol. The van der Waals surface area contributed by atoms with Gasteiger partial charge in [0.15, 0.2) is 0 Å². The molecule has 0 saturated heterocycles. The molecule has 19 heavy (non-hydrogen) atoms. The largest absolute Gasteiger partial charge is 0.497 e. The average Bonchev–Trinajstić information content (AvgIpc) is 2.47. The SMILES string of the molecule is COc1cc(/C=C/c2ccccc2)c(Br)c(OC)c1. The van der Waals surface area contributed by atoms with Crippen LogP contribution in [0.25, 0.3) is 12.2 Å². The number of halogens is 1. The highest BCUT2D eigenvalue weighted by molar-refractivity contribution is 9.10. The molecule has 0 aromatic heterocycles. The second kappa shape index (κ2) is 6.43. The molecule has 2 rings (SSSR count). The van der Waals surface area contributed by atoms with Gasteiger partial charge in [-0.2, -0.15) is 0 Å². The van der Waals surface area contributed by atoms with E-state index >= 15 is 0 Å². The maximum absolute atomic E-state index is 5.32. The third-order valence-corrected chi connectivity index (χ3v) is 3.60. The van der Waals surface area contributed by atoms with Crippen LogP contribution in [0.3, 0.4) is 0 Å². The molecule has 0 amide bonds. The Kier molecular flexibility index (Phi) is 4.63. The van der Waals surface area contributed by atoms with Gasteiger partial charge in [0, 0.05) is 6.07 Å². The third-order valence-electron chi connectivity index (χ3n) is 2.75. The van der Waals surface area contributed by atoms with Gasteiger partial charge in [-0.25, -0.2) is 0 Å². The maximum Gasteiger partial charge on any atom is 0.137 e. The molecule has 0 aliphatic rings. The fraction of sp³-hybridized carbons (Fsp3) is 0.125. The predicted molar refractivity (Wildman–Crippen MR) is 82.6 cm³/mol. The highest BCUT2D eigenvalue weighted by atomic mass is 79.9. The Morgan fingerprint density at radius 1 is 0.947 bits per heavy atom. The number of rotatable bonds is 4. The average molecular weight is 319 g/mol. The van der Waals surface area contributed by atoms with E-state index in [1.165, 1.54) is 0 Å². The topological polar surface area (TPSA) is 18.5 Å². The number of hydrogen-bond donors (Lipinski definition) is 0. The van der Waals surface area contributed by atoms with Gasteiger partial charge in [0.2, 0.25) is 0 Å². The maximum atomic E-state index is 5.32. The molecule has 0 aliphatic carbocycles. The van der Waals surface area contributed by atoms with Crippen LogP contribution in [-0.2, 0) is 0 Å². The molecule has 0 fully saturated rings. The smallest absolute Gasteiger partial charge is 0.137 e. The molecule has 0 N–H and O–H groups in total. The van der Waals surface area contributed by atoms with Crippen molar-refractivity contribution in [2.24, 2.45) is 0 Å². The minimum Gasteiger partial charge on any atom is -0.497 e. The van der Waals surface area contributed by atoms with E-state index < -0.39 is 0 Å². The summed E-state index contributed by atoms with van der Waals surface area (Å²) >= 11 is 3.55. The predicted octanol–water partition coefficient (Wildman–Crippen LogP) is 4.64. The lowest BCUT2D eigenvalue weighted by Crippen LogP contribution is -1.90. The number of ether oxygens (including phenoxy) is 2. The molecule has 0 atom stereocenters. The van der Waals surface area contributed by atoms with Gasteiger partial charge < -0.3 is 9.47 Å². The van der Waals surface area contributed by atoms with Crippen molar-refractivity contribution >= 4 is 28.1 Å². The van der Waals surface area contributed by atoms with Crippen molar-refractivity contribution in [2.45, 2.75) is 0 Å². The molecule has 0 spiro atoms. The van der Waals surface area contributed by atoms with E-state index in [4.69, 9.17) is 9.47 Å². The Hall–Kier alpha value is -1.74. The van der Waals surface area contributed by atoms with Crippen molar-refractivity contribution in [1.82, 2.24) is 0 Å². The summed E-state index contributed by atoms with van der Waals surface area (Å²) < 4.78 is 11.5. The lowest BCUT2D eigenvalue weighted by molar-refractivity contribution is 0.392. The molecule has 2 aromatic rings. The Labute approximate surface area is 121 Å². The second-order valence-electron chi connectivity index (χ2n) is 3.98.